The van der Waals surface area contributed by atoms with Crippen LogP contribution in [0.3, 0.4) is 0 Å². The summed E-state index contributed by atoms with van der Waals surface area (Å²) in [6.07, 6.45) is 1.03. The molecule has 3 rings (SSSR count). The molecule has 25 heavy (non-hydrogen) atoms. The predicted octanol–water partition coefficient (Wildman–Crippen LogP) is 0.592. The van der Waals surface area contributed by atoms with Crippen molar-refractivity contribution in [2.45, 2.75) is 18.1 Å². The average Bonchev–Trinajstić information content (AvgIpc) is 3.07. The van der Waals surface area contributed by atoms with E-state index in [1.807, 2.05) is 48.5 Å². The molecule has 0 atom stereocenters. The number of rotatable bonds is 8. The van der Waals surface area contributed by atoms with Gasteiger partial charge in [-0.15, -0.1) is 5.10 Å². The van der Waals surface area contributed by atoms with Gasteiger partial charge in [-0.3, -0.25) is 0 Å². The van der Waals surface area contributed by atoms with Crippen LogP contribution in [-0.4, -0.2) is 32.5 Å². The highest BCUT2D eigenvalue weighted by Gasteiger charge is 2.07. The number of benzene rings is 2. The maximum Gasteiger partial charge on any atom is 0.214 e. The number of hydrogen-bond acceptors (Lipinski definition) is 5. The van der Waals surface area contributed by atoms with Gasteiger partial charge in [-0.1, -0.05) is 53.7 Å². The molecule has 0 aliphatic heterocycles. The quantitative estimate of drug-likeness (QED) is 0.447. The maximum atomic E-state index is 5.98. The van der Waals surface area contributed by atoms with Crippen molar-refractivity contribution in [3.05, 3.63) is 65.2 Å². The number of aromatic nitrogens is 4. The lowest BCUT2D eigenvalue weighted by molar-refractivity contribution is -0.00000488. The fraction of sp³-hybridized carbons (Fsp3) is 0.235. The molecule has 0 saturated carbocycles. The van der Waals surface area contributed by atoms with Crippen LogP contribution in [0.15, 0.2) is 59.8 Å². The molecule has 0 spiro atoms. The molecule has 132 valence electrons. The van der Waals surface area contributed by atoms with Gasteiger partial charge in [0.1, 0.15) is 0 Å². The summed E-state index contributed by atoms with van der Waals surface area (Å²) in [7, 11) is 0. The lowest BCUT2D eigenvalue weighted by Gasteiger charge is -2.06. The summed E-state index contributed by atoms with van der Waals surface area (Å²) in [5, 5.41) is 16.9. The molecule has 0 unspecified atom stereocenters. The van der Waals surface area contributed by atoms with Crippen LogP contribution in [0.2, 0.25) is 5.02 Å². The van der Waals surface area contributed by atoms with Crippen LogP contribution in [-0.2, 0) is 6.54 Å². The lowest BCUT2D eigenvalue weighted by Crippen LogP contribution is -3.00. The molecule has 5 nitrogen and oxygen atoms in total. The van der Waals surface area contributed by atoms with Crippen LogP contribution in [0, 0.1) is 0 Å². The predicted molar refractivity (Wildman–Crippen MR) is 97.7 cm³/mol. The number of halogens is 2. The van der Waals surface area contributed by atoms with Crippen molar-refractivity contribution >= 4 is 23.4 Å². The summed E-state index contributed by atoms with van der Waals surface area (Å²) < 4.78 is 1.77. The van der Waals surface area contributed by atoms with E-state index in [2.05, 4.69) is 26.9 Å². The molecule has 0 amide bonds. The minimum absolute atomic E-state index is 0. The molecule has 0 aliphatic carbocycles. The topological polar surface area (TPSA) is 55.6 Å². The monoisotopic (exact) mass is 394 g/mol. The van der Waals surface area contributed by atoms with Gasteiger partial charge in [0.2, 0.25) is 5.16 Å². The molecule has 3 aromatic rings. The van der Waals surface area contributed by atoms with Crippen LogP contribution in [0.4, 0.5) is 0 Å². The van der Waals surface area contributed by atoms with Gasteiger partial charge < -0.3 is 17.7 Å². The van der Waals surface area contributed by atoms with E-state index >= 15 is 0 Å². The number of nitrogens with one attached hydrogen (secondary N) is 1. The Labute approximate surface area is 162 Å². The van der Waals surface area contributed by atoms with Crippen LogP contribution in [0.1, 0.15) is 12.0 Å². The highest BCUT2D eigenvalue weighted by molar-refractivity contribution is 7.99. The van der Waals surface area contributed by atoms with Crippen molar-refractivity contribution in [2.75, 3.05) is 12.3 Å². The van der Waals surface area contributed by atoms with E-state index in [1.165, 1.54) is 5.56 Å². The second kappa shape index (κ2) is 10.4. The van der Waals surface area contributed by atoms with Crippen molar-refractivity contribution < 1.29 is 12.4 Å². The SMILES string of the molecule is Clc1cccc(CNCCCSc2nnnn2-c2ccccc2)c1.[Cl-]. The maximum absolute atomic E-state index is 5.98. The molecule has 1 aromatic heterocycles. The second-order valence-electron chi connectivity index (χ2n) is 5.22. The summed E-state index contributed by atoms with van der Waals surface area (Å²) in [6.45, 7) is 1.76. The van der Waals surface area contributed by atoms with E-state index in [4.69, 9.17) is 11.6 Å². The molecule has 0 fully saturated rings. The van der Waals surface area contributed by atoms with E-state index in [-0.39, 0.29) is 12.4 Å². The van der Waals surface area contributed by atoms with Crippen LogP contribution in [0.25, 0.3) is 5.69 Å². The fourth-order valence-corrected chi connectivity index (χ4v) is 3.28. The second-order valence-corrected chi connectivity index (χ2v) is 6.72. The molecule has 2 aromatic carbocycles. The van der Waals surface area contributed by atoms with Gasteiger partial charge in [0, 0.05) is 17.3 Å². The highest BCUT2D eigenvalue weighted by atomic mass is 35.5. The summed E-state index contributed by atoms with van der Waals surface area (Å²) in [5.41, 5.74) is 2.17. The molecular weight excluding hydrogens is 377 g/mol. The first kappa shape index (κ1) is 19.7. The zero-order chi connectivity index (χ0) is 16.6. The molecule has 1 N–H and O–H groups in total. The minimum Gasteiger partial charge on any atom is -1.00 e. The summed E-state index contributed by atoms with van der Waals surface area (Å²) in [6, 6.07) is 17.8. The number of tetrazole rings is 1. The van der Waals surface area contributed by atoms with Crippen molar-refractivity contribution in [3.8, 4) is 5.69 Å². The molecule has 0 aliphatic rings. The summed E-state index contributed by atoms with van der Waals surface area (Å²) in [5.74, 6) is 0.954. The van der Waals surface area contributed by atoms with Gasteiger partial charge in [0.15, 0.2) is 0 Å². The molecular formula is C17H18Cl2N5S-. The van der Waals surface area contributed by atoms with Gasteiger partial charge in [-0.25, -0.2) is 0 Å². The normalized spacial score (nSPS) is 10.4. The average molecular weight is 395 g/mol. The van der Waals surface area contributed by atoms with Gasteiger partial charge in [-0.05, 0) is 53.2 Å². The number of para-hydroxylation sites is 1. The van der Waals surface area contributed by atoms with Gasteiger partial charge >= 0.3 is 0 Å². The number of hydrogen-bond donors (Lipinski definition) is 1. The van der Waals surface area contributed by atoms with E-state index < -0.39 is 0 Å². The third-order valence-electron chi connectivity index (χ3n) is 3.39. The number of thioether (sulfide) groups is 1. The van der Waals surface area contributed by atoms with Crippen LogP contribution >= 0.6 is 23.4 Å². The first-order valence-electron chi connectivity index (χ1n) is 7.75. The Bertz CT molecular complexity index is 766. The van der Waals surface area contributed by atoms with Crippen molar-refractivity contribution in [3.63, 3.8) is 0 Å². The first-order chi connectivity index (χ1) is 11.8. The summed E-state index contributed by atoms with van der Waals surface area (Å²) >= 11 is 7.64. The van der Waals surface area contributed by atoms with E-state index in [1.54, 1.807) is 16.4 Å². The zero-order valence-corrected chi connectivity index (χ0v) is 15.8. The van der Waals surface area contributed by atoms with Crippen LogP contribution in [0.5, 0.6) is 0 Å². The Balaban J connectivity index is 0.00000225. The largest absolute Gasteiger partial charge is 1.00 e. The van der Waals surface area contributed by atoms with Crippen molar-refractivity contribution in [1.82, 2.24) is 25.5 Å². The first-order valence-corrected chi connectivity index (χ1v) is 9.11. The Morgan fingerprint density at radius 2 is 1.92 bits per heavy atom. The molecule has 8 heteroatoms. The van der Waals surface area contributed by atoms with Crippen molar-refractivity contribution in [2.24, 2.45) is 0 Å². The zero-order valence-electron chi connectivity index (χ0n) is 13.5. The van der Waals surface area contributed by atoms with Gasteiger partial charge in [-0.2, -0.15) is 4.68 Å². The standard InChI is InChI=1S/C17H18ClN5S.ClH/c18-15-7-4-6-14(12-15)13-19-10-5-11-24-17-20-21-22-23(17)16-8-2-1-3-9-16;/h1-4,6-9,12,19H,5,10-11,13H2;1H/p-1. The Morgan fingerprint density at radius 1 is 1.08 bits per heavy atom. The fourth-order valence-electron chi connectivity index (χ4n) is 2.24. The number of nitrogens with zero attached hydrogens (tertiary/aromatic N) is 4. The van der Waals surface area contributed by atoms with E-state index in [0.29, 0.717) is 0 Å². The molecule has 0 bridgehead atoms. The van der Waals surface area contributed by atoms with Gasteiger partial charge in [0.05, 0.1) is 5.69 Å². The highest BCUT2D eigenvalue weighted by Crippen LogP contribution is 2.18. The minimum atomic E-state index is 0. The Hall–Kier alpha value is -1.60. The van der Waals surface area contributed by atoms with Gasteiger partial charge in [0.25, 0.3) is 0 Å². The van der Waals surface area contributed by atoms with Crippen molar-refractivity contribution in [1.29, 1.82) is 0 Å². The lowest BCUT2D eigenvalue weighted by atomic mass is 10.2. The molecule has 1 heterocycles. The Kier molecular flexibility index (Phi) is 8.21. The smallest absolute Gasteiger partial charge is 0.214 e. The molecule has 0 radical (unpaired) electrons. The van der Waals surface area contributed by atoms with Crippen LogP contribution < -0.4 is 17.7 Å². The van der Waals surface area contributed by atoms with E-state index in [0.717, 1.165) is 41.1 Å². The third kappa shape index (κ3) is 6.01. The third-order valence-corrected chi connectivity index (χ3v) is 4.63. The molecule has 0 saturated heterocycles. The van der Waals surface area contributed by atoms with E-state index in [9.17, 15) is 0 Å². The summed E-state index contributed by atoms with van der Waals surface area (Å²) in [4.78, 5) is 0. The Morgan fingerprint density at radius 3 is 2.72 bits per heavy atom.